The average Bonchev–Trinajstić information content (AvgIpc) is 2.41. The van der Waals surface area contributed by atoms with E-state index in [1.807, 2.05) is 0 Å². The summed E-state index contributed by atoms with van der Waals surface area (Å²) in [5, 5.41) is 11.3. The Balaban J connectivity index is 2.35. The fraction of sp³-hybridized carbons (Fsp3) is 0.0714. The third-order valence-corrected chi connectivity index (χ3v) is 3.13. The number of rotatable bonds is 4. The van der Waals surface area contributed by atoms with Crippen LogP contribution < -0.4 is 0 Å². The van der Waals surface area contributed by atoms with E-state index in [4.69, 9.17) is 11.6 Å². The van der Waals surface area contributed by atoms with E-state index in [0.717, 1.165) is 18.2 Å². The first-order valence-corrected chi connectivity index (χ1v) is 6.07. The highest BCUT2D eigenvalue weighted by molar-refractivity contribution is 6.31. The van der Waals surface area contributed by atoms with Crippen LogP contribution in [0.25, 0.3) is 0 Å². The first-order valence-electron chi connectivity index (χ1n) is 5.69. The lowest BCUT2D eigenvalue weighted by molar-refractivity contribution is -0.385. The molecule has 0 unspecified atom stereocenters. The molecule has 0 aliphatic carbocycles. The van der Waals surface area contributed by atoms with Gasteiger partial charge in [-0.25, -0.2) is 4.39 Å². The maximum absolute atomic E-state index is 13.0. The van der Waals surface area contributed by atoms with E-state index in [1.54, 1.807) is 24.3 Å². The molecule has 0 aromatic heterocycles. The van der Waals surface area contributed by atoms with Crippen LogP contribution in [0.2, 0.25) is 5.02 Å². The molecule has 0 amide bonds. The molecule has 0 fully saturated rings. The number of hydrogen-bond donors (Lipinski definition) is 0. The molecule has 0 radical (unpaired) electrons. The Hall–Kier alpha value is -2.27. The molecule has 0 aliphatic rings. The Morgan fingerprint density at radius 1 is 1.25 bits per heavy atom. The van der Waals surface area contributed by atoms with E-state index in [-0.39, 0.29) is 12.0 Å². The number of Topliss-reactive ketones (excluding diaryl/α,β-unsaturated/α-hetero) is 1. The molecule has 20 heavy (non-hydrogen) atoms. The maximum atomic E-state index is 13.0. The molecule has 2 rings (SSSR count). The second-order valence-corrected chi connectivity index (χ2v) is 4.52. The number of ketones is 1. The van der Waals surface area contributed by atoms with Gasteiger partial charge < -0.3 is 0 Å². The summed E-state index contributed by atoms with van der Waals surface area (Å²) in [6, 6.07) is 9.60. The van der Waals surface area contributed by atoms with Crippen molar-refractivity contribution in [2.45, 2.75) is 6.42 Å². The van der Waals surface area contributed by atoms with E-state index < -0.39 is 22.2 Å². The molecular weight excluding hydrogens is 285 g/mol. The van der Waals surface area contributed by atoms with Crippen molar-refractivity contribution in [3.8, 4) is 0 Å². The van der Waals surface area contributed by atoms with Gasteiger partial charge in [0.1, 0.15) is 5.82 Å². The zero-order chi connectivity index (χ0) is 14.7. The van der Waals surface area contributed by atoms with Crippen LogP contribution in [-0.2, 0) is 6.42 Å². The van der Waals surface area contributed by atoms with Gasteiger partial charge >= 0.3 is 0 Å². The van der Waals surface area contributed by atoms with E-state index >= 15 is 0 Å². The summed E-state index contributed by atoms with van der Waals surface area (Å²) in [5.74, 6) is -1.24. The van der Waals surface area contributed by atoms with Crippen LogP contribution in [0.5, 0.6) is 0 Å². The van der Waals surface area contributed by atoms with Crippen molar-refractivity contribution in [1.29, 1.82) is 0 Å². The third-order valence-electron chi connectivity index (χ3n) is 2.77. The van der Waals surface area contributed by atoms with Gasteiger partial charge in [0.05, 0.1) is 16.6 Å². The average molecular weight is 294 g/mol. The van der Waals surface area contributed by atoms with Crippen LogP contribution in [0.1, 0.15) is 15.9 Å². The molecule has 4 nitrogen and oxygen atoms in total. The number of nitro groups is 1. The SMILES string of the molecule is O=C(Cc1ccccc1Cl)c1ccc(F)cc1[N+](=O)[O-]. The second-order valence-electron chi connectivity index (χ2n) is 4.11. The van der Waals surface area contributed by atoms with Crippen LogP contribution in [0.4, 0.5) is 10.1 Å². The third kappa shape index (κ3) is 3.00. The monoisotopic (exact) mass is 293 g/mol. The van der Waals surface area contributed by atoms with Crippen molar-refractivity contribution >= 4 is 23.1 Å². The van der Waals surface area contributed by atoms with Gasteiger partial charge in [-0.15, -0.1) is 0 Å². The van der Waals surface area contributed by atoms with E-state index in [0.29, 0.717) is 10.6 Å². The minimum Gasteiger partial charge on any atom is -0.294 e. The minimum absolute atomic E-state index is 0.0772. The lowest BCUT2D eigenvalue weighted by Gasteiger charge is -2.04. The fourth-order valence-electron chi connectivity index (χ4n) is 1.80. The highest BCUT2D eigenvalue weighted by Crippen LogP contribution is 2.23. The van der Waals surface area contributed by atoms with E-state index in [2.05, 4.69) is 0 Å². The summed E-state index contributed by atoms with van der Waals surface area (Å²) in [6.45, 7) is 0. The molecule has 0 aliphatic heterocycles. The van der Waals surface area contributed by atoms with Crippen LogP contribution in [0.3, 0.4) is 0 Å². The van der Waals surface area contributed by atoms with E-state index in [9.17, 15) is 19.3 Å². The Kier molecular flexibility index (Phi) is 4.10. The van der Waals surface area contributed by atoms with Crippen molar-refractivity contribution in [2.75, 3.05) is 0 Å². The molecule has 0 saturated carbocycles. The summed E-state index contributed by atoms with van der Waals surface area (Å²) < 4.78 is 13.0. The Morgan fingerprint density at radius 2 is 1.95 bits per heavy atom. The lowest BCUT2D eigenvalue weighted by atomic mass is 10.0. The fourth-order valence-corrected chi connectivity index (χ4v) is 2.00. The van der Waals surface area contributed by atoms with Crippen molar-refractivity contribution in [1.82, 2.24) is 0 Å². The molecule has 6 heteroatoms. The van der Waals surface area contributed by atoms with Gasteiger partial charge in [0, 0.05) is 11.4 Å². The number of nitrogens with zero attached hydrogens (tertiary/aromatic N) is 1. The summed E-state index contributed by atoms with van der Waals surface area (Å²) >= 11 is 5.94. The van der Waals surface area contributed by atoms with Gasteiger partial charge in [-0.05, 0) is 23.8 Å². The molecule has 0 bridgehead atoms. The Morgan fingerprint density at radius 3 is 2.60 bits per heavy atom. The van der Waals surface area contributed by atoms with Crippen molar-refractivity contribution in [3.05, 3.63) is 74.5 Å². The first-order chi connectivity index (χ1) is 9.49. The number of carbonyl (C=O) groups is 1. The standard InChI is InChI=1S/C14H9ClFNO3/c15-12-4-2-1-3-9(12)7-14(18)11-6-5-10(16)8-13(11)17(19)20/h1-6,8H,7H2. The van der Waals surface area contributed by atoms with Crippen LogP contribution in [0.15, 0.2) is 42.5 Å². The molecule has 0 N–H and O–H groups in total. The topological polar surface area (TPSA) is 60.2 Å². The number of benzene rings is 2. The summed E-state index contributed by atoms with van der Waals surface area (Å²) in [5.41, 5.74) is -0.101. The van der Waals surface area contributed by atoms with Crippen LogP contribution in [0, 0.1) is 15.9 Å². The predicted molar refractivity (Wildman–Crippen MR) is 72.5 cm³/mol. The van der Waals surface area contributed by atoms with Crippen molar-refractivity contribution in [2.24, 2.45) is 0 Å². The first kappa shape index (κ1) is 14.1. The summed E-state index contributed by atoms with van der Waals surface area (Å²) in [4.78, 5) is 22.2. The predicted octanol–water partition coefficient (Wildman–Crippen LogP) is 3.81. The van der Waals surface area contributed by atoms with E-state index in [1.165, 1.54) is 0 Å². The van der Waals surface area contributed by atoms with Gasteiger partial charge in [0.25, 0.3) is 5.69 Å². The smallest absolute Gasteiger partial charge is 0.283 e. The highest BCUT2D eigenvalue weighted by Gasteiger charge is 2.21. The minimum atomic E-state index is -0.775. The molecular formula is C14H9ClFNO3. The van der Waals surface area contributed by atoms with Gasteiger partial charge in [0.15, 0.2) is 5.78 Å². The molecule has 0 atom stereocenters. The van der Waals surface area contributed by atoms with Gasteiger partial charge in [0.2, 0.25) is 0 Å². The molecule has 2 aromatic rings. The Bertz CT molecular complexity index is 688. The Labute approximate surface area is 119 Å². The molecule has 0 saturated heterocycles. The number of halogens is 2. The molecule has 0 spiro atoms. The molecule has 0 heterocycles. The number of nitro benzene ring substituents is 1. The second kappa shape index (κ2) is 5.79. The van der Waals surface area contributed by atoms with Gasteiger partial charge in [-0.2, -0.15) is 0 Å². The number of carbonyl (C=O) groups excluding carboxylic acids is 1. The van der Waals surface area contributed by atoms with Crippen molar-refractivity contribution in [3.63, 3.8) is 0 Å². The maximum Gasteiger partial charge on any atom is 0.283 e. The molecule has 2 aromatic carbocycles. The van der Waals surface area contributed by atoms with Crippen molar-refractivity contribution < 1.29 is 14.1 Å². The highest BCUT2D eigenvalue weighted by atomic mass is 35.5. The largest absolute Gasteiger partial charge is 0.294 e. The zero-order valence-corrected chi connectivity index (χ0v) is 10.9. The summed E-state index contributed by atoms with van der Waals surface area (Å²) in [6.07, 6.45) is -0.0772. The van der Waals surface area contributed by atoms with Crippen LogP contribution in [-0.4, -0.2) is 10.7 Å². The van der Waals surface area contributed by atoms with Crippen LogP contribution >= 0.6 is 11.6 Å². The zero-order valence-electron chi connectivity index (χ0n) is 10.2. The normalized spacial score (nSPS) is 10.3. The molecule has 102 valence electrons. The lowest BCUT2D eigenvalue weighted by Crippen LogP contribution is -2.07. The van der Waals surface area contributed by atoms with Gasteiger partial charge in [-0.3, -0.25) is 14.9 Å². The number of hydrogen-bond acceptors (Lipinski definition) is 3. The quantitative estimate of drug-likeness (QED) is 0.489. The summed E-state index contributed by atoms with van der Waals surface area (Å²) in [7, 11) is 0. The van der Waals surface area contributed by atoms with Gasteiger partial charge in [-0.1, -0.05) is 29.8 Å².